The molecule has 0 radical (unpaired) electrons. The van der Waals surface area contributed by atoms with Crippen LogP contribution in [0.1, 0.15) is 18.4 Å². The van der Waals surface area contributed by atoms with E-state index in [1.807, 2.05) is 36.1 Å². The van der Waals surface area contributed by atoms with Crippen molar-refractivity contribution < 1.29 is 9.53 Å². The summed E-state index contributed by atoms with van der Waals surface area (Å²) in [6.45, 7) is 7.30. The first-order valence-corrected chi connectivity index (χ1v) is 10.9. The maximum Gasteiger partial charge on any atom is 0.319 e. The standard InChI is InChI=1S/C24H28N6O3/c1-4-12-30-21-18(6-5-11-25-21)27-22(23(30)31)29-13-9-17(10-14-29)26-24(32)28-19-15-16(2)7-8-20(19)33-3/h4-8,11,15,17H,1,9-10,12-14H2,2-3H3,(H2,26,28,32). The van der Waals surface area contributed by atoms with Crippen molar-refractivity contribution >= 4 is 28.7 Å². The van der Waals surface area contributed by atoms with Crippen LogP contribution in [0.15, 0.2) is 54.0 Å². The molecule has 1 aliphatic heterocycles. The van der Waals surface area contributed by atoms with Crippen LogP contribution in [0.25, 0.3) is 11.2 Å². The van der Waals surface area contributed by atoms with Gasteiger partial charge in [0.25, 0.3) is 5.56 Å². The minimum absolute atomic E-state index is 0.00502. The maximum absolute atomic E-state index is 13.1. The third-order valence-electron chi connectivity index (χ3n) is 5.73. The van der Waals surface area contributed by atoms with E-state index in [9.17, 15) is 9.59 Å². The summed E-state index contributed by atoms with van der Waals surface area (Å²) in [7, 11) is 1.57. The third-order valence-corrected chi connectivity index (χ3v) is 5.73. The number of amides is 2. The van der Waals surface area contributed by atoms with E-state index in [1.165, 1.54) is 0 Å². The first-order valence-electron chi connectivity index (χ1n) is 10.9. The van der Waals surface area contributed by atoms with Crippen LogP contribution in [-0.2, 0) is 6.54 Å². The van der Waals surface area contributed by atoms with Crippen molar-refractivity contribution in [2.24, 2.45) is 0 Å². The van der Waals surface area contributed by atoms with Gasteiger partial charge in [0.05, 0.1) is 12.8 Å². The second-order valence-corrected chi connectivity index (χ2v) is 8.05. The molecule has 2 amide bonds. The molecule has 0 bridgehead atoms. The van der Waals surface area contributed by atoms with Crippen LogP contribution in [0.5, 0.6) is 5.75 Å². The Morgan fingerprint density at radius 1 is 1.30 bits per heavy atom. The van der Waals surface area contributed by atoms with Crippen molar-refractivity contribution in [1.82, 2.24) is 19.9 Å². The highest BCUT2D eigenvalue weighted by molar-refractivity contribution is 5.91. The molecule has 1 fully saturated rings. The number of allylic oxidation sites excluding steroid dienone is 1. The van der Waals surface area contributed by atoms with Gasteiger partial charge in [-0.05, 0) is 49.6 Å². The summed E-state index contributed by atoms with van der Waals surface area (Å²) in [5, 5.41) is 5.90. The van der Waals surface area contributed by atoms with Crippen molar-refractivity contribution in [3.8, 4) is 5.75 Å². The zero-order valence-electron chi connectivity index (χ0n) is 18.9. The highest BCUT2D eigenvalue weighted by Gasteiger charge is 2.25. The number of rotatable bonds is 6. The number of piperidine rings is 1. The summed E-state index contributed by atoms with van der Waals surface area (Å²) in [5.41, 5.74) is 2.69. The van der Waals surface area contributed by atoms with Gasteiger partial charge in [-0.3, -0.25) is 9.36 Å². The molecular weight excluding hydrogens is 420 g/mol. The summed E-state index contributed by atoms with van der Waals surface area (Å²) in [6.07, 6.45) is 4.73. The number of hydrogen-bond acceptors (Lipinski definition) is 6. The number of fused-ring (bicyclic) bond motifs is 1. The maximum atomic E-state index is 13.1. The molecule has 1 aromatic carbocycles. The van der Waals surface area contributed by atoms with E-state index in [0.717, 1.165) is 5.56 Å². The van der Waals surface area contributed by atoms with Gasteiger partial charge in [-0.2, -0.15) is 0 Å². The Kier molecular flexibility index (Phi) is 6.58. The lowest BCUT2D eigenvalue weighted by Gasteiger charge is -2.33. The molecule has 9 heteroatoms. The van der Waals surface area contributed by atoms with Crippen molar-refractivity contribution in [3.63, 3.8) is 0 Å². The molecule has 1 saturated heterocycles. The molecule has 3 aromatic rings. The van der Waals surface area contributed by atoms with Crippen molar-refractivity contribution in [3.05, 3.63) is 65.1 Å². The molecule has 2 N–H and O–H groups in total. The molecule has 4 rings (SSSR count). The smallest absolute Gasteiger partial charge is 0.319 e. The molecule has 0 aliphatic carbocycles. The van der Waals surface area contributed by atoms with Crippen LogP contribution >= 0.6 is 0 Å². The molecule has 9 nitrogen and oxygen atoms in total. The van der Waals surface area contributed by atoms with Crippen LogP contribution in [0, 0.1) is 6.92 Å². The quantitative estimate of drug-likeness (QED) is 0.562. The summed E-state index contributed by atoms with van der Waals surface area (Å²) < 4.78 is 6.92. The Morgan fingerprint density at radius 2 is 2.09 bits per heavy atom. The van der Waals surface area contributed by atoms with E-state index in [0.29, 0.717) is 60.9 Å². The Labute approximate surface area is 192 Å². The van der Waals surface area contributed by atoms with E-state index >= 15 is 0 Å². The average molecular weight is 449 g/mol. The van der Waals surface area contributed by atoms with Gasteiger partial charge in [0.15, 0.2) is 11.5 Å². The Bertz CT molecular complexity index is 1230. The zero-order chi connectivity index (χ0) is 23.4. The van der Waals surface area contributed by atoms with Crippen LogP contribution in [0.4, 0.5) is 16.3 Å². The number of aromatic nitrogens is 3. The lowest BCUT2D eigenvalue weighted by molar-refractivity contribution is 0.246. The number of carbonyl (C=O) groups is 1. The number of urea groups is 1. The fraction of sp³-hybridized carbons (Fsp3) is 0.333. The molecule has 33 heavy (non-hydrogen) atoms. The first kappa shape index (κ1) is 22.3. The molecule has 0 saturated carbocycles. The van der Waals surface area contributed by atoms with Crippen LogP contribution < -0.4 is 25.8 Å². The predicted octanol–water partition coefficient (Wildman–Crippen LogP) is 3.09. The number of aryl methyl sites for hydroxylation is 1. The fourth-order valence-corrected chi connectivity index (χ4v) is 4.07. The molecule has 0 unspecified atom stereocenters. The number of methoxy groups -OCH3 is 1. The number of nitrogens with zero attached hydrogens (tertiary/aromatic N) is 4. The summed E-state index contributed by atoms with van der Waals surface area (Å²) >= 11 is 0. The fourth-order valence-electron chi connectivity index (χ4n) is 4.07. The minimum atomic E-state index is -0.277. The first-order chi connectivity index (χ1) is 16.0. The number of benzene rings is 1. The molecular formula is C24H28N6O3. The summed E-state index contributed by atoms with van der Waals surface area (Å²) in [6, 6.07) is 9.00. The Balaban J connectivity index is 1.43. The van der Waals surface area contributed by atoms with E-state index in [-0.39, 0.29) is 17.6 Å². The molecule has 172 valence electrons. The van der Waals surface area contributed by atoms with Crippen LogP contribution in [-0.4, -0.2) is 46.8 Å². The molecule has 1 aliphatic rings. The lowest BCUT2D eigenvalue weighted by Crippen LogP contribution is -2.47. The topological polar surface area (TPSA) is 101 Å². The Morgan fingerprint density at radius 3 is 2.82 bits per heavy atom. The number of anilines is 2. The predicted molar refractivity (Wildman–Crippen MR) is 129 cm³/mol. The van der Waals surface area contributed by atoms with Gasteiger partial charge in [-0.25, -0.2) is 14.8 Å². The van der Waals surface area contributed by atoms with E-state index in [1.54, 1.807) is 30.0 Å². The SMILES string of the molecule is C=CCn1c(=O)c(N2CCC(NC(=O)Nc3cc(C)ccc3OC)CC2)nc2cccnc21. The summed E-state index contributed by atoms with van der Waals surface area (Å²) in [5.74, 6) is 1.02. The minimum Gasteiger partial charge on any atom is -0.495 e. The molecule has 0 spiro atoms. The molecule has 0 atom stereocenters. The van der Waals surface area contributed by atoms with Gasteiger partial charge in [0, 0.05) is 31.9 Å². The highest BCUT2D eigenvalue weighted by Crippen LogP contribution is 2.25. The van der Waals surface area contributed by atoms with Gasteiger partial charge in [0.2, 0.25) is 0 Å². The molecule has 2 aromatic heterocycles. The van der Waals surface area contributed by atoms with E-state index in [4.69, 9.17) is 4.74 Å². The van der Waals surface area contributed by atoms with E-state index in [2.05, 4.69) is 27.2 Å². The Hall–Kier alpha value is -3.88. The van der Waals surface area contributed by atoms with Gasteiger partial charge >= 0.3 is 6.03 Å². The second-order valence-electron chi connectivity index (χ2n) is 8.05. The number of nitrogens with one attached hydrogen (secondary N) is 2. The average Bonchev–Trinajstić information content (AvgIpc) is 2.81. The van der Waals surface area contributed by atoms with Gasteiger partial charge in [0.1, 0.15) is 11.3 Å². The summed E-state index contributed by atoms with van der Waals surface area (Å²) in [4.78, 5) is 36.5. The van der Waals surface area contributed by atoms with Gasteiger partial charge < -0.3 is 20.3 Å². The molecule has 3 heterocycles. The largest absolute Gasteiger partial charge is 0.495 e. The highest BCUT2D eigenvalue weighted by atomic mass is 16.5. The number of pyridine rings is 1. The monoisotopic (exact) mass is 448 g/mol. The number of hydrogen-bond donors (Lipinski definition) is 2. The zero-order valence-corrected chi connectivity index (χ0v) is 18.9. The third kappa shape index (κ3) is 4.82. The van der Waals surface area contributed by atoms with E-state index < -0.39 is 0 Å². The lowest BCUT2D eigenvalue weighted by atomic mass is 10.1. The van der Waals surface area contributed by atoms with Crippen LogP contribution in [0.3, 0.4) is 0 Å². The normalized spacial score (nSPS) is 14.2. The number of ether oxygens (including phenoxy) is 1. The van der Waals surface area contributed by atoms with Crippen molar-refractivity contribution in [2.75, 3.05) is 30.4 Å². The van der Waals surface area contributed by atoms with Gasteiger partial charge in [-0.1, -0.05) is 12.1 Å². The van der Waals surface area contributed by atoms with Gasteiger partial charge in [-0.15, -0.1) is 6.58 Å². The van der Waals surface area contributed by atoms with Crippen molar-refractivity contribution in [2.45, 2.75) is 32.4 Å². The van der Waals surface area contributed by atoms with Crippen LogP contribution in [0.2, 0.25) is 0 Å². The second kappa shape index (κ2) is 9.72. The van der Waals surface area contributed by atoms with Crippen molar-refractivity contribution in [1.29, 1.82) is 0 Å². The number of carbonyl (C=O) groups excluding carboxylic acids is 1.